The molecule has 7 heteroatoms. The van der Waals surface area contributed by atoms with Crippen LogP contribution in [0.15, 0.2) is 61.1 Å². The number of aromatic nitrogens is 2. The summed E-state index contributed by atoms with van der Waals surface area (Å²) in [4.78, 5) is 21.2. The van der Waals surface area contributed by atoms with Crippen molar-refractivity contribution >= 4 is 32.3 Å². The lowest BCUT2D eigenvalue weighted by Crippen LogP contribution is -2.24. The third-order valence-electron chi connectivity index (χ3n) is 4.10. The monoisotopic (exact) mass is 369 g/mol. The maximum atomic E-state index is 12.9. The number of anilines is 1. The van der Waals surface area contributed by atoms with Gasteiger partial charge in [0.2, 0.25) is 5.91 Å². The Morgan fingerprint density at radius 2 is 1.85 bits per heavy atom. The first-order valence-corrected chi connectivity index (χ1v) is 10.2. The van der Waals surface area contributed by atoms with E-state index in [-0.39, 0.29) is 18.1 Å². The lowest BCUT2D eigenvalue weighted by atomic mass is 9.95. The van der Waals surface area contributed by atoms with Crippen LogP contribution in [0.3, 0.4) is 0 Å². The Balaban J connectivity index is 1.89. The molecule has 134 valence electrons. The summed E-state index contributed by atoms with van der Waals surface area (Å²) in [5.74, 6) is -0.519. The van der Waals surface area contributed by atoms with Crippen molar-refractivity contribution in [3.8, 4) is 0 Å². The Morgan fingerprint density at radius 1 is 1.12 bits per heavy atom. The third kappa shape index (κ3) is 4.43. The van der Waals surface area contributed by atoms with Crippen LogP contribution >= 0.6 is 0 Å². The Hall–Kier alpha value is -2.80. The summed E-state index contributed by atoms with van der Waals surface area (Å²) in [5, 5.41) is 4.48. The van der Waals surface area contributed by atoms with Crippen LogP contribution in [0.25, 0.3) is 10.8 Å². The molecule has 1 unspecified atom stereocenters. The van der Waals surface area contributed by atoms with Crippen LogP contribution in [-0.2, 0) is 14.6 Å². The van der Waals surface area contributed by atoms with Gasteiger partial charge in [-0.15, -0.1) is 0 Å². The molecule has 0 aliphatic carbocycles. The summed E-state index contributed by atoms with van der Waals surface area (Å²) < 4.78 is 23.1. The van der Waals surface area contributed by atoms with Crippen molar-refractivity contribution in [1.82, 2.24) is 9.97 Å². The van der Waals surface area contributed by atoms with E-state index in [9.17, 15) is 13.2 Å². The zero-order valence-corrected chi connectivity index (χ0v) is 15.1. The van der Waals surface area contributed by atoms with Crippen molar-refractivity contribution < 1.29 is 13.2 Å². The zero-order chi connectivity index (χ0) is 18.6. The molecule has 0 aliphatic rings. The van der Waals surface area contributed by atoms with Gasteiger partial charge in [0.1, 0.15) is 15.7 Å². The lowest BCUT2D eigenvalue weighted by Gasteiger charge is -2.17. The Labute approximate surface area is 152 Å². The molecule has 0 aliphatic heterocycles. The molecule has 3 rings (SSSR count). The van der Waals surface area contributed by atoms with Gasteiger partial charge in [0.05, 0.1) is 11.7 Å². The normalized spacial score (nSPS) is 12.7. The number of nitrogens with one attached hydrogen (secondary N) is 1. The molecule has 2 aromatic heterocycles. The maximum Gasteiger partial charge on any atom is 0.233 e. The highest BCUT2D eigenvalue weighted by atomic mass is 32.2. The molecule has 1 N–H and O–H groups in total. The molecule has 1 atom stereocenters. The number of hydrogen-bond acceptors (Lipinski definition) is 5. The number of carbonyl (C=O) groups excluding carboxylic acids is 1. The molecule has 0 fully saturated rings. The molecule has 0 bridgehead atoms. The minimum absolute atomic E-state index is 0.0650. The first-order chi connectivity index (χ1) is 12.4. The molecular formula is C19H19N3O3S. The van der Waals surface area contributed by atoms with Crippen molar-refractivity contribution in [2.24, 2.45) is 0 Å². The predicted molar refractivity (Wildman–Crippen MR) is 102 cm³/mol. The molecule has 0 saturated heterocycles. The largest absolute Gasteiger partial charge is 0.310 e. The highest BCUT2D eigenvalue weighted by Gasteiger charge is 2.23. The predicted octanol–water partition coefficient (Wildman–Crippen LogP) is 2.79. The highest BCUT2D eigenvalue weighted by molar-refractivity contribution is 7.90. The molecule has 3 aromatic rings. The number of benzene rings is 1. The number of carbonyl (C=O) groups is 1. The zero-order valence-electron chi connectivity index (χ0n) is 14.3. The van der Waals surface area contributed by atoms with Gasteiger partial charge in [0.15, 0.2) is 0 Å². The van der Waals surface area contributed by atoms with Gasteiger partial charge in [-0.05, 0) is 29.5 Å². The smallest absolute Gasteiger partial charge is 0.233 e. The minimum Gasteiger partial charge on any atom is -0.310 e. The number of nitrogens with zero attached hydrogens (tertiary/aromatic N) is 2. The van der Waals surface area contributed by atoms with Crippen molar-refractivity contribution in [3.05, 3.63) is 66.6 Å². The second-order valence-electron chi connectivity index (χ2n) is 6.13. The van der Waals surface area contributed by atoms with Gasteiger partial charge in [0, 0.05) is 30.2 Å². The fourth-order valence-corrected chi connectivity index (χ4v) is 3.44. The molecule has 0 spiro atoms. The van der Waals surface area contributed by atoms with E-state index in [4.69, 9.17) is 0 Å². The first-order valence-electron chi connectivity index (χ1n) is 8.16. The van der Waals surface area contributed by atoms with Crippen LogP contribution < -0.4 is 5.32 Å². The summed E-state index contributed by atoms with van der Waals surface area (Å²) in [6.45, 7) is 0. The van der Waals surface area contributed by atoms with Gasteiger partial charge in [-0.3, -0.25) is 9.78 Å². The van der Waals surface area contributed by atoms with E-state index in [0.29, 0.717) is 5.82 Å². The Bertz CT molecular complexity index is 1020. The molecular weight excluding hydrogens is 350 g/mol. The van der Waals surface area contributed by atoms with Crippen LogP contribution in [0.2, 0.25) is 0 Å². The van der Waals surface area contributed by atoms with E-state index in [1.54, 1.807) is 18.6 Å². The summed E-state index contributed by atoms with van der Waals surface area (Å²) in [6, 6.07) is 12.8. The Kier molecular flexibility index (Phi) is 5.27. The number of hydrogen-bond donors (Lipinski definition) is 1. The van der Waals surface area contributed by atoms with E-state index < -0.39 is 15.8 Å². The maximum absolute atomic E-state index is 12.9. The van der Waals surface area contributed by atoms with Gasteiger partial charge in [-0.25, -0.2) is 13.4 Å². The number of fused-ring (bicyclic) bond motifs is 1. The summed E-state index contributed by atoms with van der Waals surface area (Å²) in [5.41, 5.74) is 0.770. The SMILES string of the molecule is CS(=O)(=O)CCC(C(=O)Nc1nccc2ccncc12)c1ccccc1. The van der Waals surface area contributed by atoms with Crippen molar-refractivity contribution in [3.63, 3.8) is 0 Å². The van der Waals surface area contributed by atoms with Crippen LogP contribution in [0, 0.1) is 0 Å². The fourth-order valence-electron chi connectivity index (χ4n) is 2.78. The standard InChI is InChI=1S/C19H19N3O3S/c1-26(24,25)12-9-16(14-5-3-2-4-6-14)19(23)22-18-17-13-20-10-7-15(17)8-11-21-18/h2-8,10-11,13,16H,9,12H2,1H3,(H,21,22,23). The van der Waals surface area contributed by atoms with Gasteiger partial charge >= 0.3 is 0 Å². The quantitative estimate of drug-likeness (QED) is 0.722. The molecule has 26 heavy (non-hydrogen) atoms. The van der Waals surface area contributed by atoms with E-state index >= 15 is 0 Å². The van der Waals surface area contributed by atoms with Gasteiger partial charge in [0.25, 0.3) is 0 Å². The van der Waals surface area contributed by atoms with E-state index in [1.165, 1.54) is 6.26 Å². The van der Waals surface area contributed by atoms with Crippen LogP contribution in [0.1, 0.15) is 17.9 Å². The number of pyridine rings is 2. The van der Waals surface area contributed by atoms with Gasteiger partial charge in [-0.1, -0.05) is 30.3 Å². The average molecular weight is 369 g/mol. The number of rotatable bonds is 6. The van der Waals surface area contributed by atoms with Crippen LogP contribution in [-0.4, -0.2) is 36.3 Å². The first kappa shape index (κ1) is 18.0. The molecule has 0 saturated carbocycles. The van der Waals surface area contributed by atoms with Crippen molar-refractivity contribution in [2.75, 3.05) is 17.3 Å². The lowest BCUT2D eigenvalue weighted by molar-refractivity contribution is -0.117. The molecule has 1 aromatic carbocycles. The van der Waals surface area contributed by atoms with Crippen molar-refractivity contribution in [1.29, 1.82) is 0 Å². The number of amides is 1. The molecule has 2 heterocycles. The van der Waals surface area contributed by atoms with Crippen molar-refractivity contribution in [2.45, 2.75) is 12.3 Å². The van der Waals surface area contributed by atoms with Gasteiger partial charge in [-0.2, -0.15) is 0 Å². The fraction of sp³-hybridized carbons (Fsp3) is 0.211. The van der Waals surface area contributed by atoms with Crippen LogP contribution in [0.5, 0.6) is 0 Å². The summed E-state index contributed by atoms with van der Waals surface area (Å²) >= 11 is 0. The summed E-state index contributed by atoms with van der Waals surface area (Å²) in [7, 11) is -3.17. The molecule has 0 radical (unpaired) electrons. The third-order valence-corrected chi connectivity index (χ3v) is 5.08. The molecule has 1 amide bonds. The van der Waals surface area contributed by atoms with Gasteiger partial charge < -0.3 is 5.32 Å². The second-order valence-corrected chi connectivity index (χ2v) is 8.39. The number of sulfone groups is 1. The van der Waals surface area contributed by atoms with E-state index in [1.807, 2.05) is 42.5 Å². The van der Waals surface area contributed by atoms with E-state index in [2.05, 4.69) is 15.3 Å². The average Bonchev–Trinajstić information content (AvgIpc) is 2.62. The minimum atomic E-state index is -3.17. The molecule has 6 nitrogen and oxygen atoms in total. The van der Waals surface area contributed by atoms with Crippen LogP contribution in [0.4, 0.5) is 5.82 Å². The second kappa shape index (κ2) is 7.61. The van der Waals surface area contributed by atoms with E-state index in [0.717, 1.165) is 16.3 Å². The highest BCUT2D eigenvalue weighted by Crippen LogP contribution is 2.25. The summed E-state index contributed by atoms with van der Waals surface area (Å²) in [6.07, 6.45) is 6.31. The Morgan fingerprint density at radius 3 is 2.58 bits per heavy atom. The topological polar surface area (TPSA) is 89.0 Å².